The molecule has 0 saturated heterocycles. The van der Waals surface area contributed by atoms with Crippen molar-refractivity contribution in [1.82, 2.24) is 5.32 Å². The molecular formula is C15H14ClF2N. The van der Waals surface area contributed by atoms with E-state index in [-0.39, 0.29) is 5.56 Å². The maximum absolute atomic E-state index is 13.7. The Morgan fingerprint density at radius 2 is 1.89 bits per heavy atom. The van der Waals surface area contributed by atoms with Gasteiger partial charge in [-0.1, -0.05) is 24.6 Å². The summed E-state index contributed by atoms with van der Waals surface area (Å²) in [6.07, 6.45) is 0. The molecule has 0 radical (unpaired) electrons. The minimum absolute atomic E-state index is 0.245. The highest BCUT2D eigenvalue weighted by molar-refractivity contribution is 6.31. The van der Waals surface area contributed by atoms with Gasteiger partial charge in [0.1, 0.15) is 11.6 Å². The molecule has 0 fully saturated rings. The minimum Gasteiger partial charge on any atom is -0.313 e. The molecule has 0 aromatic heterocycles. The molecule has 0 atom stereocenters. The Bertz CT molecular complexity index is 584. The van der Waals surface area contributed by atoms with Gasteiger partial charge < -0.3 is 5.32 Å². The van der Waals surface area contributed by atoms with E-state index >= 15 is 0 Å². The Kier molecular flexibility index (Phi) is 4.51. The van der Waals surface area contributed by atoms with Crippen LogP contribution in [0.15, 0.2) is 36.4 Å². The molecule has 0 bridgehead atoms. The highest BCUT2D eigenvalue weighted by Gasteiger charge is 2.09. The molecule has 0 aliphatic carbocycles. The molecule has 2 aromatic carbocycles. The van der Waals surface area contributed by atoms with Crippen molar-refractivity contribution >= 4 is 11.6 Å². The highest BCUT2D eigenvalue weighted by atomic mass is 35.5. The highest BCUT2D eigenvalue weighted by Crippen LogP contribution is 2.27. The van der Waals surface area contributed by atoms with E-state index in [0.717, 1.165) is 24.2 Å². The molecule has 4 heteroatoms. The maximum Gasteiger partial charge on any atom is 0.131 e. The lowest BCUT2D eigenvalue weighted by Crippen LogP contribution is -2.12. The average Bonchev–Trinajstić information content (AvgIpc) is 2.41. The zero-order chi connectivity index (χ0) is 13.8. The van der Waals surface area contributed by atoms with Crippen LogP contribution in [-0.4, -0.2) is 6.54 Å². The van der Waals surface area contributed by atoms with Crippen molar-refractivity contribution in [1.29, 1.82) is 0 Å². The van der Waals surface area contributed by atoms with E-state index in [0.29, 0.717) is 17.1 Å². The van der Waals surface area contributed by atoms with Gasteiger partial charge in [0.15, 0.2) is 0 Å². The Morgan fingerprint density at radius 1 is 1.11 bits per heavy atom. The fourth-order valence-electron chi connectivity index (χ4n) is 1.86. The summed E-state index contributed by atoms with van der Waals surface area (Å²) < 4.78 is 26.9. The quantitative estimate of drug-likeness (QED) is 0.876. The standard InChI is InChI=1S/C15H14ClF2N/c1-2-19-9-11-7-10(3-5-14(11)16)13-8-12(17)4-6-15(13)18/h3-8,19H,2,9H2,1H3. The second-order valence-electron chi connectivity index (χ2n) is 4.21. The Hall–Kier alpha value is -1.45. The van der Waals surface area contributed by atoms with Gasteiger partial charge in [0.25, 0.3) is 0 Å². The molecular weight excluding hydrogens is 268 g/mol. The lowest BCUT2D eigenvalue weighted by Gasteiger charge is -2.09. The first-order chi connectivity index (χ1) is 9.11. The summed E-state index contributed by atoms with van der Waals surface area (Å²) in [5.41, 5.74) is 1.73. The summed E-state index contributed by atoms with van der Waals surface area (Å²) in [4.78, 5) is 0. The van der Waals surface area contributed by atoms with Crippen molar-refractivity contribution < 1.29 is 8.78 Å². The molecule has 0 heterocycles. The monoisotopic (exact) mass is 281 g/mol. The molecule has 2 rings (SSSR count). The number of hydrogen-bond acceptors (Lipinski definition) is 1. The third-order valence-electron chi connectivity index (χ3n) is 2.85. The van der Waals surface area contributed by atoms with Gasteiger partial charge in [-0.15, -0.1) is 0 Å². The molecule has 0 spiro atoms. The molecule has 1 nitrogen and oxygen atoms in total. The lowest BCUT2D eigenvalue weighted by molar-refractivity contribution is 0.603. The SMILES string of the molecule is CCNCc1cc(-c2cc(F)ccc2F)ccc1Cl. The summed E-state index contributed by atoms with van der Waals surface area (Å²) in [6.45, 7) is 3.40. The minimum atomic E-state index is -0.459. The van der Waals surface area contributed by atoms with Crippen LogP contribution < -0.4 is 5.32 Å². The van der Waals surface area contributed by atoms with Crippen LogP contribution in [0.5, 0.6) is 0 Å². The van der Waals surface area contributed by atoms with Crippen LogP contribution >= 0.6 is 11.6 Å². The van der Waals surface area contributed by atoms with E-state index in [9.17, 15) is 8.78 Å². The lowest BCUT2D eigenvalue weighted by atomic mass is 10.0. The molecule has 0 saturated carbocycles. The largest absolute Gasteiger partial charge is 0.313 e. The van der Waals surface area contributed by atoms with Gasteiger partial charge in [-0.3, -0.25) is 0 Å². The normalized spacial score (nSPS) is 10.7. The summed E-state index contributed by atoms with van der Waals surface area (Å²) in [5.74, 6) is -0.905. The third kappa shape index (κ3) is 3.31. The summed E-state index contributed by atoms with van der Waals surface area (Å²) in [7, 11) is 0. The van der Waals surface area contributed by atoms with Crippen molar-refractivity contribution in [3.63, 3.8) is 0 Å². The van der Waals surface area contributed by atoms with Crippen LogP contribution in [0.1, 0.15) is 12.5 Å². The Morgan fingerprint density at radius 3 is 2.63 bits per heavy atom. The van der Waals surface area contributed by atoms with Gasteiger partial charge >= 0.3 is 0 Å². The third-order valence-corrected chi connectivity index (χ3v) is 3.22. The molecule has 2 aromatic rings. The molecule has 0 amide bonds. The topological polar surface area (TPSA) is 12.0 Å². The van der Waals surface area contributed by atoms with Crippen LogP contribution in [0.25, 0.3) is 11.1 Å². The fraction of sp³-hybridized carbons (Fsp3) is 0.200. The molecule has 0 aliphatic heterocycles. The average molecular weight is 282 g/mol. The second kappa shape index (κ2) is 6.13. The zero-order valence-corrected chi connectivity index (χ0v) is 11.3. The van der Waals surface area contributed by atoms with E-state index in [1.165, 1.54) is 6.07 Å². The van der Waals surface area contributed by atoms with E-state index in [2.05, 4.69) is 5.32 Å². The first kappa shape index (κ1) is 14.0. The number of hydrogen-bond donors (Lipinski definition) is 1. The van der Waals surface area contributed by atoms with E-state index in [1.807, 2.05) is 6.92 Å². The molecule has 100 valence electrons. The van der Waals surface area contributed by atoms with Gasteiger partial charge in [0, 0.05) is 17.1 Å². The van der Waals surface area contributed by atoms with Gasteiger partial charge in [0.2, 0.25) is 0 Å². The Balaban J connectivity index is 2.42. The van der Waals surface area contributed by atoms with Crippen LogP contribution in [0.2, 0.25) is 5.02 Å². The van der Waals surface area contributed by atoms with Gasteiger partial charge in [0.05, 0.1) is 0 Å². The van der Waals surface area contributed by atoms with Crippen molar-refractivity contribution in [2.45, 2.75) is 13.5 Å². The molecule has 0 aliphatic rings. The van der Waals surface area contributed by atoms with Crippen molar-refractivity contribution in [2.24, 2.45) is 0 Å². The summed E-state index contributed by atoms with van der Waals surface area (Å²) in [5, 5.41) is 3.77. The first-order valence-electron chi connectivity index (χ1n) is 6.06. The van der Waals surface area contributed by atoms with Crippen molar-refractivity contribution in [3.8, 4) is 11.1 Å². The van der Waals surface area contributed by atoms with Gasteiger partial charge in [-0.25, -0.2) is 8.78 Å². The van der Waals surface area contributed by atoms with Gasteiger partial charge in [-0.2, -0.15) is 0 Å². The van der Waals surface area contributed by atoms with Crippen LogP contribution in [0.4, 0.5) is 8.78 Å². The number of halogens is 3. The summed E-state index contributed by atoms with van der Waals surface area (Å²) in [6, 6.07) is 8.60. The predicted octanol–water partition coefficient (Wildman–Crippen LogP) is 4.39. The molecule has 19 heavy (non-hydrogen) atoms. The van der Waals surface area contributed by atoms with Gasteiger partial charge in [-0.05, 0) is 48.0 Å². The smallest absolute Gasteiger partial charge is 0.131 e. The van der Waals surface area contributed by atoms with Crippen LogP contribution in [0, 0.1) is 11.6 Å². The first-order valence-corrected chi connectivity index (χ1v) is 6.44. The van der Waals surface area contributed by atoms with Crippen molar-refractivity contribution in [3.05, 3.63) is 58.6 Å². The number of nitrogens with one attached hydrogen (secondary N) is 1. The molecule has 0 unspecified atom stereocenters. The van der Waals surface area contributed by atoms with E-state index in [1.54, 1.807) is 18.2 Å². The Labute approximate surface area is 116 Å². The predicted molar refractivity (Wildman–Crippen MR) is 74.2 cm³/mol. The maximum atomic E-state index is 13.7. The summed E-state index contributed by atoms with van der Waals surface area (Å²) >= 11 is 6.08. The van der Waals surface area contributed by atoms with Crippen LogP contribution in [-0.2, 0) is 6.54 Å². The molecule has 1 N–H and O–H groups in total. The van der Waals surface area contributed by atoms with Crippen molar-refractivity contribution in [2.75, 3.05) is 6.54 Å². The van der Waals surface area contributed by atoms with E-state index < -0.39 is 11.6 Å². The van der Waals surface area contributed by atoms with E-state index in [4.69, 9.17) is 11.6 Å². The van der Waals surface area contributed by atoms with Crippen LogP contribution in [0.3, 0.4) is 0 Å². The zero-order valence-electron chi connectivity index (χ0n) is 10.5. The number of benzene rings is 2. The second-order valence-corrected chi connectivity index (χ2v) is 4.62. The number of rotatable bonds is 4. The fourth-order valence-corrected chi connectivity index (χ4v) is 2.04.